The van der Waals surface area contributed by atoms with Crippen molar-refractivity contribution in [3.05, 3.63) is 65.7 Å². The SMILES string of the molecule is COC(=O)c1ccc(C(=O)NC2CCc3nnc(-c4ccccc4)n3CC2)nc1. The van der Waals surface area contributed by atoms with E-state index in [1.807, 2.05) is 30.3 Å². The van der Waals surface area contributed by atoms with Gasteiger partial charge in [0.2, 0.25) is 0 Å². The molecule has 148 valence electrons. The molecule has 1 atom stereocenters. The Kier molecular flexibility index (Phi) is 5.33. The molecule has 0 saturated carbocycles. The lowest BCUT2D eigenvalue weighted by Crippen LogP contribution is -2.35. The Labute approximate surface area is 167 Å². The van der Waals surface area contributed by atoms with Gasteiger partial charge in [0.15, 0.2) is 5.82 Å². The zero-order valence-electron chi connectivity index (χ0n) is 16.0. The van der Waals surface area contributed by atoms with E-state index in [9.17, 15) is 9.59 Å². The molecular formula is C21H21N5O3. The smallest absolute Gasteiger partial charge is 0.339 e. The average molecular weight is 391 g/mol. The molecule has 29 heavy (non-hydrogen) atoms. The summed E-state index contributed by atoms with van der Waals surface area (Å²) in [4.78, 5) is 28.1. The first kappa shape index (κ1) is 18.8. The molecule has 1 amide bonds. The van der Waals surface area contributed by atoms with Gasteiger partial charge in [0.05, 0.1) is 12.7 Å². The van der Waals surface area contributed by atoms with Gasteiger partial charge in [-0.2, -0.15) is 0 Å². The molecule has 3 aromatic rings. The van der Waals surface area contributed by atoms with E-state index >= 15 is 0 Å². The summed E-state index contributed by atoms with van der Waals surface area (Å²) in [6, 6.07) is 13.0. The van der Waals surface area contributed by atoms with Crippen LogP contribution in [0.25, 0.3) is 11.4 Å². The zero-order chi connectivity index (χ0) is 20.2. The first-order chi connectivity index (χ1) is 14.2. The lowest BCUT2D eigenvalue weighted by atomic mass is 10.1. The maximum atomic E-state index is 12.6. The van der Waals surface area contributed by atoms with Crippen molar-refractivity contribution in [2.45, 2.75) is 31.8 Å². The van der Waals surface area contributed by atoms with Crippen LogP contribution >= 0.6 is 0 Å². The van der Waals surface area contributed by atoms with Gasteiger partial charge in [-0.25, -0.2) is 4.79 Å². The Hall–Kier alpha value is -3.55. The first-order valence-electron chi connectivity index (χ1n) is 9.48. The molecule has 1 aliphatic heterocycles. The number of fused-ring (bicyclic) bond motifs is 1. The molecule has 1 unspecified atom stereocenters. The Balaban J connectivity index is 1.42. The zero-order valence-corrected chi connectivity index (χ0v) is 16.0. The summed E-state index contributed by atoms with van der Waals surface area (Å²) in [5.41, 5.74) is 1.61. The summed E-state index contributed by atoms with van der Waals surface area (Å²) in [6.07, 6.45) is 3.64. The van der Waals surface area contributed by atoms with E-state index in [4.69, 9.17) is 0 Å². The minimum absolute atomic E-state index is 0.00917. The van der Waals surface area contributed by atoms with Gasteiger partial charge in [-0.1, -0.05) is 30.3 Å². The third kappa shape index (κ3) is 4.01. The molecule has 0 bridgehead atoms. The summed E-state index contributed by atoms with van der Waals surface area (Å²) >= 11 is 0. The molecule has 8 heteroatoms. The number of hydrogen-bond donors (Lipinski definition) is 1. The van der Waals surface area contributed by atoms with Crippen LogP contribution in [-0.4, -0.2) is 44.8 Å². The number of benzene rings is 1. The summed E-state index contributed by atoms with van der Waals surface area (Å²) in [5.74, 6) is 1.05. The van der Waals surface area contributed by atoms with Gasteiger partial charge < -0.3 is 14.6 Å². The lowest BCUT2D eigenvalue weighted by molar-refractivity contribution is 0.0599. The number of aryl methyl sites for hydroxylation is 1. The minimum Gasteiger partial charge on any atom is -0.465 e. The molecule has 3 heterocycles. The van der Waals surface area contributed by atoms with E-state index in [1.54, 1.807) is 0 Å². The van der Waals surface area contributed by atoms with Gasteiger partial charge in [0.1, 0.15) is 11.5 Å². The molecule has 1 aliphatic rings. The molecular weight excluding hydrogens is 370 g/mol. The Morgan fingerprint density at radius 3 is 2.66 bits per heavy atom. The second-order valence-electron chi connectivity index (χ2n) is 6.88. The van der Waals surface area contributed by atoms with E-state index in [-0.39, 0.29) is 17.6 Å². The second-order valence-corrected chi connectivity index (χ2v) is 6.88. The van der Waals surface area contributed by atoms with Gasteiger partial charge >= 0.3 is 5.97 Å². The highest BCUT2D eigenvalue weighted by atomic mass is 16.5. The molecule has 2 aromatic heterocycles. The fourth-order valence-corrected chi connectivity index (χ4v) is 3.46. The number of nitrogens with one attached hydrogen (secondary N) is 1. The molecule has 0 spiro atoms. The fourth-order valence-electron chi connectivity index (χ4n) is 3.46. The first-order valence-corrected chi connectivity index (χ1v) is 9.48. The number of carbonyl (C=O) groups is 2. The van der Waals surface area contributed by atoms with E-state index in [0.717, 1.165) is 43.0 Å². The van der Waals surface area contributed by atoms with Crippen LogP contribution in [0.5, 0.6) is 0 Å². The third-order valence-electron chi connectivity index (χ3n) is 5.03. The van der Waals surface area contributed by atoms with Crippen molar-refractivity contribution in [3.63, 3.8) is 0 Å². The number of ether oxygens (including phenoxy) is 1. The standard InChI is InChI=1S/C21H21N5O3/c1-29-21(28)15-7-9-17(22-13-15)20(27)23-16-8-10-18-24-25-19(26(18)12-11-16)14-5-3-2-4-6-14/h2-7,9,13,16H,8,10-12H2,1H3,(H,23,27). The van der Waals surface area contributed by atoms with Gasteiger partial charge in [0, 0.05) is 30.8 Å². The van der Waals surface area contributed by atoms with Gasteiger partial charge in [-0.05, 0) is 25.0 Å². The molecule has 1 aromatic carbocycles. The number of nitrogens with zero attached hydrogens (tertiary/aromatic N) is 4. The van der Waals surface area contributed by atoms with E-state index < -0.39 is 5.97 Å². The molecule has 0 fully saturated rings. The number of carbonyl (C=O) groups excluding carboxylic acids is 2. The van der Waals surface area contributed by atoms with Crippen molar-refractivity contribution in [1.29, 1.82) is 0 Å². The third-order valence-corrected chi connectivity index (χ3v) is 5.03. The highest BCUT2D eigenvalue weighted by molar-refractivity contribution is 5.94. The summed E-state index contributed by atoms with van der Waals surface area (Å²) in [7, 11) is 1.30. The summed E-state index contributed by atoms with van der Waals surface area (Å²) in [5, 5.41) is 11.7. The van der Waals surface area contributed by atoms with Crippen LogP contribution in [0.1, 0.15) is 39.5 Å². The summed E-state index contributed by atoms with van der Waals surface area (Å²) < 4.78 is 6.77. The van der Waals surface area contributed by atoms with E-state index in [0.29, 0.717) is 5.56 Å². The summed E-state index contributed by atoms with van der Waals surface area (Å²) in [6.45, 7) is 0.728. The van der Waals surface area contributed by atoms with Crippen molar-refractivity contribution in [3.8, 4) is 11.4 Å². The largest absolute Gasteiger partial charge is 0.465 e. The van der Waals surface area contributed by atoms with Crippen LogP contribution < -0.4 is 5.32 Å². The molecule has 0 aliphatic carbocycles. The Morgan fingerprint density at radius 2 is 1.93 bits per heavy atom. The van der Waals surface area contributed by atoms with Crippen molar-refractivity contribution in [2.24, 2.45) is 0 Å². The van der Waals surface area contributed by atoms with Crippen LogP contribution in [0, 0.1) is 0 Å². The van der Waals surface area contributed by atoms with Crippen molar-refractivity contribution in [1.82, 2.24) is 25.1 Å². The van der Waals surface area contributed by atoms with Crippen LogP contribution in [0.4, 0.5) is 0 Å². The van der Waals surface area contributed by atoms with Crippen LogP contribution in [-0.2, 0) is 17.7 Å². The normalized spacial score (nSPS) is 15.8. The fraction of sp³-hybridized carbons (Fsp3) is 0.286. The van der Waals surface area contributed by atoms with E-state index in [2.05, 4.69) is 29.8 Å². The quantitative estimate of drug-likeness (QED) is 0.685. The van der Waals surface area contributed by atoms with Crippen molar-refractivity contribution >= 4 is 11.9 Å². The van der Waals surface area contributed by atoms with Crippen LogP contribution in [0.3, 0.4) is 0 Å². The van der Waals surface area contributed by atoms with Gasteiger partial charge in [-0.15, -0.1) is 10.2 Å². The van der Waals surface area contributed by atoms with E-state index in [1.165, 1.54) is 25.4 Å². The number of methoxy groups -OCH3 is 1. The number of hydrogen-bond acceptors (Lipinski definition) is 6. The van der Waals surface area contributed by atoms with Gasteiger partial charge in [-0.3, -0.25) is 9.78 Å². The lowest BCUT2D eigenvalue weighted by Gasteiger charge is -2.16. The molecule has 0 saturated heterocycles. The van der Waals surface area contributed by atoms with Gasteiger partial charge in [0.25, 0.3) is 5.91 Å². The number of rotatable bonds is 4. The predicted molar refractivity (Wildman–Crippen MR) is 105 cm³/mol. The molecule has 0 radical (unpaired) electrons. The topological polar surface area (TPSA) is 99.0 Å². The number of esters is 1. The van der Waals surface area contributed by atoms with Crippen LogP contribution in [0.2, 0.25) is 0 Å². The van der Waals surface area contributed by atoms with Crippen molar-refractivity contribution < 1.29 is 14.3 Å². The molecule has 8 nitrogen and oxygen atoms in total. The van der Waals surface area contributed by atoms with Crippen molar-refractivity contribution in [2.75, 3.05) is 7.11 Å². The molecule has 1 N–H and O–H groups in total. The Morgan fingerprint density at radius 1 is 1.10 bits per heavy atom. The maximum Gasteiger partial charge on any atom is 0.339 e. The average Bonchev–Trinajstić information content (AvgIpc) is 3.08. The predicted octanol–water partition coefficient (Wildman–Crippen LogP) is 2.26. The number of amides is 1. The molecule has 4 rings (SSSR count). The minimum atomic E-state index is -0.481. The number of aromatic nitrogens is 4. The monoisotopic (exact) mass is 391 g/mol. The van der Waals surface area contributed by atoms with Crippen LogP contribution in [0.15, 0.2) is 48.7 Å². The highest BCUT2D eigenvalue weighted by Crippen LogP contribution is 2.22. The maximum absolute atomic E-state index is 12.6. The number of pyridine rings is 1. The second kappa shape index (κ2) is 8.22. The Bertz CT molecular complexity index is 1010. The highest BCUT2D eigenvalue weighted by Gasteiger charge is 2.23.